The molecule has 0 aliphatic carbocycles. The van der Waals surface area contributed by atoms with Crippen molar-refractivity contribution in [3.05, 3.63) is 34.6 Å². The van der Waals surface area contributed by atoms with Crippen LogP contribution >= 0.6 is 11.6 Å². The van der Waals surface area contributed by atoms with Gasteiger partial charge in [-0.2, -0.15) is 5.06 Å². The Morgan fingerprint density at radius 3 is 2.85 bits per heavy atom. The Morgan fingerprint density at radius 2 is 2.23 bits per heavy atom. The van der Waals surface area contributed by atoms with Gasteiger partial charge in [0.2, 0.25) is 0 Å². The van der Waals surface area contributed by atoms with Crippen molar-refractivity contribution >= 4 is 11.6 Å². The zero-order chi connectivity index (χ0) is 9.84. The SMILES string of the molecule is CON(C)Cc1cccc(F)c1Cl. The molecule has 0 fully saturated rings. The van der Waals surface area contributed by atoms with Gasteiger partial charge in [-0.1, -0.05) is 23.7 Å². The molecule has 0 unspecified atom stereocenters. The van der Waals surface area contributed by atoms with Gasteiger partial charge in [0.05, 0.1) is 18.7 Å². The zero-order valence-electron chi connectivity index (χ0n) is 7.55. The van der Waals surface area contributed by atoms with Crippen molar-refractivity contribution in [3.8, 4) is 0 Å². The molecule has 0 aromatic heterocycles. The van der Waals surface area contributed by atoms with E-state index in [1.54, 1.807) is 31.4 Å². The highest BCUT2D eigenvalue weighted by Gasteiger charge is 2.07. The summed E-state index contributed by atoms with van der Waals surface area (Å²) in [6.45, 7) is 0.465. The number of rotatable bonds is 3. The highest BCUT2D eigenvalue weighted by atomic mass is 35.5. The normalized spacial score (nSPS) is 10.8. The minimum absolute atomic E-state index is 0.159. The molecule has 72 valence electrons. The van der Waals surface area contributed by atoms with Gasteiger partial charge in [-0.25, -0.2) is 4.39 Å². The Bertz CT molecular complexity index is 293. The van der Waals surface area contributed by atoms with E-state index in [4.69, 9.17) is 16.4 Å². The fraction of sp³-hybridized carbons (Fsp3) is 0.333. The summed E-state index contributed by atoms with van der Waals surface area (Å²) >= 11 is 5.74. The van der Waals surface area contributed by atoms with Gasteiger partial charge in [-0.05, 0) is 11.6 Å². The number of hydroxylamine groups is 2. The molecule has 0 aliphatic rings. The Morgan fingerprint density at radius 1 is 1.54 bits per heavy atom. The fourth-order valence-electron chi connectivity index (χ4n) is 0.975. The van der Waals surface area contributed by atoms with E-state index in [1.807, 2.05) is 0 Å². The summed E-state index contributed by atoms with van der Waals surface area (Å²) in [5.74, 6) is -0.399. The standard InChI is InChI=1S/C9H11ClFNO/c1-12(13-2)6-7-4-3-5-8(11)9(7)10/h3-5H,6H2,1-2H3. The molecule has 0 spiro atoms. The zero-order valence-corrected chi connectivity index (χ0v) is 8.31. The molecule has 0 atom stereocenters. The predicted molar refractivity (Wildman–Crippen MR) is 49.9 cm³/mol. The maximum absolute atomic E-state index is 12.9. The lowest BCUT2D eigenvalue weighted by Crippen LogP contribution is -2.16. The molecule has 0 saturated heterocycles. The van der Waals surface area contributed by atoms with E-state index in [-0.39, 0.29) is 5.02 Å². The molecule has 0 radical (unpaired) electrons. The number of hydrogen-bond donors (Lipinski definition) is 0. The van der Waals surface area contributed by atoms with Crippen LogP contribution in [0.1, 0.15) is 5.56 Å². The summed E-state index contributed by atoms with van der Waals surface area (Å²) in [6, 6.07) is 4.72. The summed E-state index contributed by atoms with van der Waals surface area (Å²) in [5.41, 5.74) is 0.714. The molecule has 0 bridgehead atoms. The lowest BCUT2D eigenvalue weighted by atomic mass is 10.2. The molecular weight excluding hydrogens is 193 g/mol. The average molecular weight is 204 g/mol. The van der Waals surface area contributed by atoms with E-state index >= 15 is 0 Å². The van der Waals surface area contributed by atoms with Crippen LogP contribution in [0.4, 0.5) is 4.39 Å². The monoisotopic (exact) mass is 203 g/mol. The van der Waals surface area contributed by atoms with Crippen molar-refractivity contribution in [1.82, 2.24) is 5.06 Å². The molecule has 0 heterocycles. The van der Waals surface area contributed by atoms with E-state index < -0.39 is 5.82 Å². The molecule has 0 N–H and O–H groups in total. The molecule has 0 aliphatic heterocycles. The Hall–Kier alpha value is -0.640. The third kappa shape index (κ3) is 2.66. The van der Waals surface area contributed by atoms with Crippen molar-refractivity contribution in [2.45, 2.75) is 6.54 Å². The van der Waals surface area contributed by atoms with Gasteiger partial charge in [-0.15, -0.1) is 0 Å². The van der Waals surface area contributed by atoms with Gasteiger partial charge in [0.15, 0.2) is 0 Å². The first-order valence-electron chi connectivity index (χ1n) is 3.83. The number of nitrogens with zero attached hydrogens (tertiary/aromatic N) is 1. The van der Waals surface area contributed by atoms with Gasteiger partial charge in [0.1, 0.15) is 5.82 Å². The smallest absolute Gasteiger partial charge is 0.142 e. The molecule has 13 heavy (non-hydrogen) atoms. The second kappa shape index (κ2) is 4.56. The Balaban J connectivity index is 2.83. The first-order chi connectivity index (χ1) is 6.15. The van der Waals surface area contributed by atoms with Crippen LogP contribution in [0.3, 0.4) is 0 Å². The van der Waals surface area contributed by atoms with Gasteiger partial charge >= 0.3 is 0 Å². The number of benzene rings is 1. The van der Waals surface area contributed by atoms with Crippen molar-refractivity contribution in [2.24, 2.45) is 0 Å². The first kappa shape index (κ1) is 10.4. The van der Waals surface area contributed by atoms with E-state index in [2.05, 4.69) is 0 Å². The third-order valence-electron chi connectivity index (χ3n) is 1.74. The Kier molecular flexibility index (Phi) is 3.66. The second-order valence-corrected chi connectivity index (χ2v) is 3.06. The quantitative estimate of drug-likeness (QED) is 0.700. The van der Waals surface area contributed by atoms with Crippen molar-refractivity contribution in [3.63, 3.8) is 0 Å². The predicted octanol–water partition coefficient (Wildman–Crippen LogP) is 2.47. The van der Waals surface area contributed by atoms with E-state index in [0.29, 0.717) is 12.1 Å². The van der Waals surface area contributed by atoms with Gasteiger partial charge in [-0.3, -0.25) is 0 Å². The summed E-state index contributed by atoms with van der Waals surface area (Å²) in [5, 5.41) is 1.73. The molecule has 0 saturated carbocycles. The largest absolute Gasteiger partial charge is 0.302 e. The molecule has 2 nitrogen and oxygen atoms in total. The van der Waals surface area contributed by atoms with Crippen LogP contribution in [0.2, 0.25) is 5.02 Å². The van der Waals surface area contributed by atoms with Gasteiger partial charge < -0.3 is 4.84 Å². The molecule has 1 aromatic rings. The maximum atomic E-state index is 12.9. The van der Waals surface area contributed by atoms with E-state index in [1.165, 1.54) is 6.07 Å². The Labute approximate surface area is 81.8 Å². The summed E-state index contributed by atoms with van der Waals surface area (Å²) in [7, 11) is 3.30. The fourth-order valence-corrected chi connectivity index (χ4v) is 1.16. The van der Waals surface area contributed by atoms with Crippen LogP contribution in [-0.2, 0) is 11.4 Å². The summed E-state index contributed by atoms with van der Waals surface area (Å²) in [4.78, 5) is 4.90. The van der Waals surface area contributed by atoms with Crippen LogP contribution in [0.5, 0.6) is 0 Å². The van der Waals surface area contributed by atoms with Gasteiger partial charge in [0.25, 0.3) is 0 Å². The molecular formula is C9H11ClFNO. The highest BCUT2D eigenvalue weighted by Crippen LogP contribution is 2.20. The molecule has 1 rings (SSSR count). The average Bonchev–Trinajstić information content (AvgIpc) is 2.13. The second-order valence-electron chi connectivity index (χ2n) is 2.68. The highest BCUT2D eigenvalue weighted by molar-refractivity contribution is 6.31. The van der Waals surface area contributed by atoms with Crippen molar-refractivity contribution in [2.75, 3.05) is 14.2 Å². The van der Waals surface area contributed by atoms with Crippen LogP contribution in [-0.4, -0.2) is 19.2 Å². The molecule has 0 amide bonds. The minimum Gasteiger partial charge on any atom is -0.302 e. The van der Waals surface area contributed by atoms with Crippen molar-refractivity contribution < 1.29 is 9.23 Å². The van der Waals surface area contributed by atoms with Crippen LogP contribution < -0.4 is 0 Å². The summed E-state index contributed by atoms with van der Waals surface area (Å²) in [6.07, 6.45) is 0. The third-order valence-corrected chi connectivity index (χ3v) is 2.16. The van der Waals surface area contributed by atoms with E-state index in [0.717, 1.165) is 0 Å². The minimum atomic E-state index is -0.399. The lowest BCUT2D eigenvalue weighted by molar-refractivity contribution is -0.116. The van der Waals surface area contributed by atoms with Gasteiger partial charge in [0, 0.05) is 7.05 Å². The lowest BCUT2D eigenvalue weighted by Gasteiger charge is -2.14. The first-order valence-corrected chi connectivity index (χ1v) is 4.21. The van der Waals surface area contributed by atoms with Crippen LogP contribution in [0.15, 0.2) is 18.2 Å². The number of halogens is 2. The molecule has 1 aromatic carbocycles. The maximum Gasteiger partial charge on any atom is 0.142 e. The topological polar surface area (TPSA) is 12.5 Å². The van der Waals surface area contributed by atoms with Crippen LogP contribution in [0.25, 0.3) is 0 Å². The van der Waals surface area contributed by atoms with Crippen molar-refractivity contribution in [1.29, 1.82) is 0 Å². The van der Waals surface area contributed by atoms with E-state index in [9.17, 15) is 4.39 Å². The summed E-state index contributed by atoms with van der Waals surface area (Å²) < 4.78 is 12.9. The van der Waals surface area contributed by atoms with Crippen LogP contribution in [0, 0.1) is 5.82 Å². The molecule has 4 heteroatoms. The number of hydrogen-bond acceptors (Lipinski definition) is 2.